The highest BCUT2D eigenvalue weighted by Crippen LogP contribution is 2.31. The van der Waals surface area contributed by atoms with E-state index < -0.39 is 0 Å². The highest BCUT2D eigenvalue weighted by molar-refractivity contribution is 6.30. The van der Waals surface area contributed by atoms with Crippen molar-refractivity contribution in [2.24, 2.45) is 0 Å². The van der Waals surface area contributed by atoms with E-state index in [1.165, 1.54) is 0 Å². The second-order valence-electron chi connectivity index (χ2n) is 5.04. The van der Waals surface area contributed by atoms with Crippen LogP contribution in [-0.2, 0) is 13.2 Å². The molecule has 0 spiro atoms. The van der Waals surface area contributed by atoms with E-state index in [1.54, 1.807) is 7.11 Å². The third kappa shape index (κ3) is 5.94. The monoisotopic (exact) mass is 355 g/mol. The number of nitrogens with one attached hydrogen (secondary N) is 1. The maximum absolute atomic E-state index is 6.01. The summed E-state index contributed by atoms with van der Waals surface area (Å²) in [6.07, 6.45) is 1.10. The molecule has 0 radical (unpaired) electrons. The van der Waals surface area contributed by atoms with Gasteiger partial charge >= 0.3 is 0 Å². The molecule has 2 aromatic carbocycles. The van der Waals surface area contributed by atoms with Crippen molar-refractivity contribution in [3.8, 4) is 11.5 Å². The molecule has 126 valence electrons. The Morgan fingerprint density at radius 3 is 2.48 bits per heavy atom. The molecule has 0 amide bonds. The van der Waals surface area contributed by atoms with E-state index >= 15 is 0 Å². The van der Waals surface area contributed by atoms with Gasteiger partial charge in [0.15, 0.2) is 11.5 Å². The van der Waals surface area contributed by atoms with Crippen molar-refractivity contribution in [1.82, 2.24) is 5.32 Å². The number of hydrogen-bond donors (Lipinski definition) is 1. The summed E-state index contributed by atoms with van der Waals surface area (Å²) in [5, 5.41) is 4.12. The summed E-state index contributed by atoms with van der Waals surface area (Å²) < 4.78 is 11.4. The zero-order chi connectivity index (χ0) is 15.8. The van der Waals surface area contributed by atoms with Gasteiger partial charge < -0.3 is 14.8 Å². The molecule has 0 atom stereocenters. The van der Waals surface area contributed by atoms with Crippen molar-refractivity contribution in [3.05, 3.63) is 58.6 Å². The topological polar surface area (TPSA) is 30.5 Å². The van der Waals surface area contributed by atoms with Crippen molar-refractivity contribution < 1.29 is 9.47 Å². The smallest absolute Gasteiger partial charge is 0.166 e. The second kappa shape index (κ2) is 10.4. The van der Waals surface area contributed by atoms with Gasteiger partial charge in [0.05, 0.1) is 7.11 Å². The molecule has 0 unspecified atom stereocenters. The van der Waals surface area contributed by atoms with Crippen LogP contribution in [0.15, 0.2) is 42.5 Å². The van der Waals surface area contributed by atoms with Crippen LogP contribution in [0.4, 0.5) is 0 Å². The van der Waals surface area contributed by atoms with Crippen LogP contribution in [0.1, 0.15) is 24.5 Å². The maximum Gasteiger partial charge on any atom is 0.166 e. The Hall–Kier alpha value is -1.42. The SMILES string of the molecule is CCCNCc1cccc(OC)c1OCc1ccc(Cl)cc1.Cl. The number of halogens is 2. The quantitative estimate of drug-likeness (QED) is 0.686. The summed E-state index contributed by atoms with van der Waals surface area (Å²) in [7, 11) is 1.66. The number of hydrogen-bond acceptors (Lipinski definition) is 3. The van der Waals surface area contributed by atoms with Crippen LogP contribution in [0.25, 0.3) is 0 Å². The molecular weight excluding hydrogens is 333 g/mol. The lowest BCUT2D eigenvalue weighted by Gasteiger charge is -2.15. The minimum absolute atomic E-state index is 0. The van der Waals surface area contributed by atoms with Gasteiger partial charge in [0.2, 0.25) is 0 Å². The number of benzene rings is 2. The number of para-hydroxylation sites is 1. The van der Waals surface area contributed by atoms with Crippen molar-refractivity contribution in [1.29, 1.82) is 0 Å². The molecule has 0 aliphatic heterocycles. The van der Waals surface area contributed by atoms with Gasteiger partial charge in [0.1, 0.15) is 6.61 Å². The maximum atomic E-state index is 6.01. The standard InChI is InChI=1S/C18H22ClNO2.ClH/c1-3-11-20-12-15-5-4-6-17(21-2)18(15)22-13-14-7-9-16(19)10-8-14;/h4-10,20H,3,11-13H2,1-2H3;1H. The molecule has 0 saturated carbocycles. The molecule has 0 saturated heterocycles. The highest BCUT2D eigenvalue weighted by Gasteiger charge is 2.10. The molecule has 0 bridgehead atoms. The third-order valence-corrected chi connectivity index (χ3v) is 3.57. The lowest BCUT2D eigenvalue weighted by molar-refractivity contribution is 0.280. The van der Waals surface area contributed by atoms with Gasteiger partial charge in [-0.05, 0) is 36.7 Å². The first kappa shape index (κ1) is 19.6. The zero-order valence-corrected chi connectivity index (χ0v) is 15.0. The van der Waals surface area contributed by atoms with Crippen LogP contribution in [0.5, 0.6) is 11.5 Å². The van der Waals surface area contributed by atoms with E-state index in [-0.39, 0.29) is 12.4 Å². The van der Waals surface area contributed by atoms with Crippen molar-refractivity contribution in [2.75, 3.05) is 13.7 Å². The Morgan fingerprint density at radius 2 is 1.83 bits per heavy atom. The molecule has 0 aliphatic carbocycles. The Labute approximate surface area is 149 Å². The molecule has 1 N–H and O–H groups in total. The first-order chi connectivity index (χ1) is 10.7. The minimum atomic E-state index is 0. The van der Waals surface area contributed by atoms with E-state index in [0.29, 0.717) is 6.61 Å². The Bertz CT molecular complexity index is 588. The first-order valence-corrected chi connectivity index (χ1v) is 7.86. The Morgan fingerprint density at radius 1 is 1.09 bits per heavy atom. The zero-order valence-electron chi connectivity index (χ0n) is 13.5. The number of methoxy groups -OCH3 is 1. The van der Waals surface area contributed by atoms with Gasteiger partial charge in [-0.25, -0.2) is 0 Å². The molecule has 2 aromatic rings. The first-order valence-electron chi connectivity index (χ1n) is 7.48. The summed E-state index contributed by atoms with van der Waals surface area (Å²) in [6, 6.07) is 13.6. The molecule has 5 heteroatoms. The normalized spacial score (nSPS) is 10.0. The summed E-state index contributed by atoms with van der Waals surface area (Å²) in [5.74, 6) is 1.55. The summed E-state index contributed by atoms with van der Waals surface area (Å²) >= 11 is 5.90. The van der Waals surface area contributed by atoms with Crippen LogP contribution in [-0.4, -0.2) is 13.7 Å². The largest absolute Gasteiger partial charge is 0.493 e. The minimum Gasteiger partial charge on any atom is -0.493 e. The third-order valence-electron chi connectivity index (χ3n) is 3.32. The van der Waals surface area contributed by atoms with Crippen LogP contribution in [0.2, 0.25) is 5.02 Å². The summed E-state index contributed by atoms with van der Waals surface area (Å²) in [5.41, 5.74) is 2.17. The fourth-order valence-corrected chi connectivity index (χ4v) is 2.29. The molecule has 0 fully saturated rings. The van der Waals surface area contributed by atoms with Crippen molar-refractivity contribution in [2.45, 2.75) is 26.5 Å². The van der Waals surface area contributed by atoms with Gasteiger partial charge in [-0.1, -0.05) is 42.8 Å². The van der Waals surface area contributed by atoms with E-state index in [4.69, 9.17) is 21.1 Å². The van der Waals surface area contributed by atoms with E-state index in [9.17, 15) is 0 Å². The van der Waals surface area contributed by atoms with E-state index in [2.05, 4.69) is 18.3 Å². The molecule has 0 heterocycles. The average molecular weight is 356 g/mol. The Balaban J connectivity index is 0.00000264. The van der Waals surface area contributed by atoms with Gasteiger partial charge in [0, 0.05) is 17.1 Å². The summed E-state index contributed by atoms with van der Waals surface area (Å²) in [4.78, 5) is 0. The number of ether oxygens (including phenoxy) is 2. The highest BCUT2D eigenvalue weighted by atomic mass is 35.5. The number of rotatable bonds is 8. The van der Waals surface area contributed by atoms with E-state index in [0.717, 1.165) is 47.2 Å². The molecule has 3 nitrogen and oxygen atoms in total. The molecule has 0 aliphatic rings. The lowest BCUT2D eigenvalue weighted by atomic mass is 10.1. The van der Waals surface area contributed by atoms with Gasteiger partial charge in [-0.3, -0.25) is 0 Å². The molecule has 23 heavy (non-hydrogen) atoms. The lowest BCUT2D eigenvalue weighted by Crippen LogP contribution is -2.15. The van der Waals surface area contributed by atoms with Gasteiger partial charge in [-0.2, -0.15) is 0 Å². The Kier molecular flexibility index (Phi) is 8.85. The predicted molar refractivity (Wildman–Crippen MR) is 98.0 cm³/mol. The second-order valence-corrected chi connectivity index (χ2v) is 5.48. The fourth-order valence-electron chi connectivity index (χ4n) is 2.16. The molecular formula is C18H23Cl2NO2. The molecule has 0 aromatic heterocycles. The van der Waals surface area contributed by atoms with Crippen LogP contribution in [0, 0.1) is 0 Å². The van der Waals surface area contributed by atoms with E-state index in [1.807, 2.05) is 36.4 Å². The van der Waals surface area contributed by atoms with Crippen LogP contribution < -0.4 is 14.8 Å². The van der Waals surface area contributed by atoms with Crippen molar-refractivity contribution >= 4 is 24.0 Å². The van der Waals surface area contributed by atoms with Gasteiger partial charge in [-0.15, -0.1) is 12.4 Å². The predicted octanol–water partition coefficient (Wildman–Crippen LogP) is 4.85. The summed E-state index contributed by atoms with van der Waals surface area (Å²) in [6.45, 7) is 4.38. The molecule has 2 rings (SSSR count). The fraction of sp³-hybridized carbons (Fsp3) is 0.333. The van der Waals surface area contributed by atoms with Crippen molar-refractivity contribution in [3.63, 3.8) is 0 Å². The van der Waals surface area contributed by atoms with Crippen LogP contribution >= 0.6 is 24.0 Å². The van der Waals surface area contributed by atoms with Crippen LogP contribution in [0.3, 0.4) is 0 Å². The average Bonchev–Trinajstić information content (AvgIpc) is 2.55. The van der Waals surface area contributed by atoms with Gasteiger partial charge in [0.25, 0.3) is 0 Å².